The van der Waals surface area contributed by atoms with E-state index in [-0.39, 0.29) is 5.78 Å². The van der Waals surface area contributed by atoms with Gasteiger partial charge in [0.25, 0.3) is 0 Å². The van der Waals surface area contributed by atoms with Crippen LogP contribution in [0.4, 0.5) is 0 Å². The van der Waals surface area contributed by atoms with E-state index in [1.807, 2.05) is 5.38 Å². The first-order valence-corrected chi connectivity index (χ1v) is 6.29. The summed E-state index contributed by atoms with van der Waals surface area (Å²) in [7, 11) is 0. The predicted octanol–water partition coefficient (Wildman–Crippen LogP) is 1.92. The topological polar surface area (TPSA) is 56.0 Å². The first-order valence-electron chi connectivity index (χ1n) is 5.41. The van der Waals surface area contributed by atoms with Crippen LogP contribution in [-0.2, 0) is 11.2 Å². The minimum atomic E-state index is -0.566. The Balaban J connectivity index is 2.00. The van der Waals surface area contributed by atoms with Gasteiger partial charge in [0, 0.05) is 11.6 Å². The highest BCUT2D eigenvalue weighted by atomic mass is 32.1. The standard InChI is InChI=1S/C11H16N2OS/c12-11(4-2-1-3-5-11)9(14)8-10-13-6-7-15-10/h6-7H,1-5,8,12H2. The van der Waals surface area contributed by atoms with Gasteiger partial charge >= 0.3 is 0 Å². The third-order valence-electron chi connectivity index (χ3n) is 3.10. The first-order chi connectivity index (χ1) is 7.21. The van der Waals surface area contributed by atoms with Gasteiger partial charge in [-0.3, -0.25) is 4.79 Å². The maximum atomic E-state index is 12.0. The second-order valence-electron chi connectivity index (χ2n) is 4.24. The Morgan fingerprint density at radius 2 is 2.20 bits per heavy atom. The molecule has 3 nitrogen and oxygen atoms in total. The van der Waals surface area contributed by atoms with Gasteiger partial charge in [-0.15, -0.1) is 11.3 Å². The number of carbonyl (C=O) groups excluding carboxylic acids is 1. The van der Waals surface area contributed by atoms with E-state index in [4.69, 9.17) is 5.73 Å². The van der Waals surface area contributed by atoms with Gasteiger partial charge in [-0.25, -0.2) is 4.98 Å². The van der Waals surface area contributed by atoms with Gasteiger partial charge in [-0.05, 0) is 12.8 Å². The number of hydrogen-bond acceptors (Lipinski definition) is 4. The summed E-state index contributed by atoms with van der Waals surface area (Å²) in [5.74, 6) is 0.164. The van der Waals surface area contributed by atoms with E-state index >= 15 is 0 Å². The van der Waals surface area contributed by atoms with E-state index in [1.165, 1.54) is 17.8 Å². The van der Waals surface area contributed by atoms with Crippen molar-refractivity contribution in [2.75, 3.05) is 0 Å². The van der Waals surface area contributed by atoms with E-state index in [9.17, 15) is 4.79 Å². The SMILES string of the molecule is NC1(C(=O)Cc2nccs2)CCCCC1. The number of thiazole rings is 1. The molecule has 0 atom stereocenters. The molecule has 2 N–H and O–H groups in total. The molecule has 0 aromatic carbocycles. The number of nitrogens with zero attached hydrogens (tertiary/aromatic N) is 1. The Labute approximate surface area is 93.7 Å². The molecule has 0 aliphatic heterocycles. The maximum Gasteiger partial charge on any atom is 0.159 e. The molecule has 0 spiro atoms. The second-order valence-corrected chi connectivity index (χ2v) is 5.22. The average Bonchev–Trinajstić information content (AvgIpc) is 2.71. The Hall–Kier alpha value is -0.740. The second kappa shape index (κ2) is 4.41. The molecule has 82 valence electrons. The minimum absolute atomic E-state index is 0.164. The first kappa shape index (κ1) is 10.8. The van der Waals surface area contributed by atoms with E-state index in [0.717, 1.165) is 30.7 Å². The summed E-state index contributed by atoms with van der Waals surface area (Å²) in [5.41, 5.74) is 5.58. The van der Waals surface area contributed by atoms with Crippen molar-refractivity contribution < 1.29 is 4.79 Å². The number of aromatic nitrogens is 1. The third kappa shape index (κ3) is 2.44. The lowest BCUT2D eigenvalue weighted by atomic mass is 9.78. The lowest BCUT2D eigenvalue weighted by Gasteiger charge is -2.31. The van der Waals surface area contributed by atoms with Crippen LogP contribution in [0.3, 0.4) is 0 Å². The highest BCUT2D eigenvalue weighted by Gasteiger charge is 2.34. The molecular formula is C11H16N2OS. The number of ketones is 1. The molecule has 0 saturated heterocycles. The molecule has 2 rings (SSSR count). The van der Waals surface area contributed by atoms with Crippen LogP contribution < -0.4 is 5.73 Å². The number of hydrogen-bond donors (Lipinski definition) is 1. The highest BCUT2D eigenvalue weighted by molar-refractivity contribution is 7.09. The Morgan fingerprint density at radius 1 is 1.47 bits per heavy atom. The zero-order valence-corrected chi connectivity index (χ0v) is 9.55. The van der Waals surface area contributed by atoms with Gasteiger partial charge in [0.2, 0.25) is 0 Å². The summed E-state index contributed by atoms with van der Waals surface area (Å²) in [5, 5.41) is 2.78. The molecular weight excluding hydrogens is 208 g/mol. The van der Waals surface area contributed by atoms with Gasteiger partial charge in [-0.2, -0.15) is 0 Å². The van der Waals surface area contributed by atoms with Crippen molar-refractivity contribution in [3.8, 4) is 0 Å². The molecule has 1 aromatic heterocycles. The van der Waals surface area contributed by atoms with E-state index in [0.29, 0.717) is 6.42 Å². The third-order valence-corrected chi connectivity index (χ3v) is 3.88. The van der Waals surface area contributed by atoms with Crippen LogP contribution in [0.2, 0.25) is 0 Å². The summed E-state index contributed by atoms with van der Waals surface area (Å²) in [6, 6.07) is 0. The van der Waals surface area contributed by atoms with Gasteiger partial charge in [0.1, 0.15) is 0 Å². The Kier molecular flexibility index (Phi) is 3.17. The largest absolute Gasteiger partial charge is 0.319 e. The van der Waals surface area contributed by atoms with Crippen molar-refractivity contribution in [2.24, 2.45) is 5.73 Å². The molecule has 1 heterocycles. The van der Waals surface area contributed by atoms with Crippen molar-refractivity contribution in [3.63, 3.8) is 0 Å². The van der Waals surface area contributed by atoms with Crippen LogP contribution in [0.1, 0.15) is 37.1 Å². The molecule has 1 aromatic rings. The minimum Gasteiger partial charge on any atom is -0.319 e. The summed E-state index contributed by atoms with van der Waals surface area (Å²) in [6.07, 6.45) is 7.21. The zero-order chi connectivity index (χ0) is 10.7. The molecule has 4 heteroatoms. The number of carbonyl (C=O) groups is 1. The van der Waals surface area contributed by atoms with Gasteiger partial charge in [0.15, 0.2) is 5.78 Å². The fourth-order valence-electron chi connectivity index (χ4n) is 2.12. The summed E-state index contributed by atoms with van der Waals surface area (Å²) in [4.78, 5) is 16.2. The maximum absolute atomic E-state index is 12.0. The van der Waals surface area contributed by atoms with Crippen LogP contribution in [-0.4, -0.2) is 16.3 Å². The average molecular weight is 224 g/mol. The molecule has 0 unspecified atom stereocenters. The van der Waals surface area contributed by atoms with E-state index in [2.05, 4.69) is 4.98 Å². The number of nitrogens with two attached hydrogens (primary N) is 1. The van der Waals surface area contributed by atoms with Gasteiger partial charge in [-0.1, -0.05) is 19.3 Å². The van der Waals surface area contributed by atoms with Crippen LogP contribution in [0.25, 0.3) is 0 Å². The molecule has 1 aliphatic carbocycles. The smallest absolute Gasteiger partial charge is 0.159 e. The fraction of sp³-hybridized carbons (Fsp3) is 0.636. The number of rotatable bonds is 3. The lowest BCUT2D eigenvalue weighted by Crippen LogP contribution is -2.50. The summed E-state index contributed by atoms with van der Waals surface area (Å²) >= 11 is 1.53. The molecule has 1 saturated carbocycles. The van der Waals surface area contributed by atoms with Crippen LogP contribution in [0, 0.1) is 0 Å². The molecule has 0 bridgehead atoms. The highest BCUT2D eigenvalue weighted by Crippen LogP contribution is 2.27. The van der Waals surface area contributed by atoms with Crippen molar-refractivity contribution >= 4 is 17.1 Å². The van der Waals surface area contributed by atoms with Crippen molar-refractivity contribution in [3.05, 3.63) is 16.6 Å². The molecule has 1 aliphatic rings. The quantitative estimate of drug-likeness (QED) is 0.853. The van der Waals surface area contributed by atoms with E-state index in [1.54, 1.807) is 6.20 Å². The summed E-state index contributed by atoms with van der Waals surface area (Å²) in [6.45, 7) is 0. The molecule has 0 radical (unpaired) electrons. The van der Waals surface area contributed by atoms with Gasteiger partial charge < -0.3 is 5.73 Å². The van der Waals surface area contributed by atoms with E-state index < -0.39 is 5.54 Å². The van der Waals surface area contributed by atoms with Crippen molar-refractivity contribution in [1.29, 1.82) is 0 Å². The predicted molar refractivity (Wildman–Crippen MR) is 60.8 cm³/mol. The van der Waals surface area contributed by atoms with Crippen LogP contribution >= 0.6 is 11.3 Å². The zero-order valence-electron chi connectivity index (χ0n) is 8.74. The Bertz CT molecular complexity index is 328. The summed E-state index contributed by atoms with van der Waals surface area (Å²) < 4.78 is 0. The van der Waals surface area contributed by atoms with Crippen LogP contribution in [0.15, 0.2) is 11.6 Å². The van der Waals surface area contributed by atoms with Crippen molar-refractivity contribution in [2.45, 2.75) is 44.1 Å². The normalized spacial score (nSPS) is 20.1. The number of Topliss-reactive ketones (excluding diaryl/α,β-unsaturated/α-hetero) is 1. The van der Waals surface area contributed by atoms with Crippen molar-refractivity contribution in [1.82, 2.24) is 4.98 Å². The molecule has 15 heavy (non-hydrogen) atoms. The molecule has 0 amide bonds. The fourth-order valence-corrected chi connectivity index (χ4v) is 2.73. The Morgan fingerprint density at radius 3 is 2.80 bits per heavy atom. The lowest BCUT2D eigenvalue weighted by molar-refractivity contribution is -0.124. The van der Waals surface area contributed by atoms with Gasteiger partial charge in [0.05, 0.1) is 17.0 Å². The van der Waals surface area contributed by atoms with Crippen LogP contribution in [0.5, 0.6) is 0 Å². The molecule has 1 fully saturated rings. The monoisotopic (exact) mass is 224 g/mol.